The van der Waals surface area contributed by atoms with Crippen LogP contribution in [0.25, 0.3) is 5.69 Å². The summed E-state index contributed by atoms with van der Waals surface area (Å²) in [6.45, 7) is 3.61. The smallest absolute Gasteiger partial charge is 0.306 e. The van der Waals surface area contributed by atoms with Crippen molar-refractivity contribution in [1.82, 2.24) is 9.55 Å². The number of benzene rings is 1. The van der Waals surface area contributed by atoms with Gasteiger partial charge in [0.2, 0.25) is 0 Å². The van der Waals surface area contributed by atoms with Crippen molar-refractivity contribution in [2.75, 3.05) is 0 Å². The van der Waals surface area contributed by atoms with Crippen molar-refractivity contribution in [3.05, 3.63) is 55.0 Å². The first-order valence-corrected chi connectivity index (χ1v) is 4.50. The van der Waals surface area contributed by atoms with Crippen molar-refractivity contribution in [2.45, 2.75) is 6.18 Å². The molecule has 0 aliphatic carbocycles. The van der Waals surface area contributed by atoms with Gasteiger partial charge in [-0.15, -0.1) is 0 Å². The number of imidazole rings is 1. The van der Waals surface area contributed by atoms with Crippen LogP contribution in [0.2, 0.25) is 0 Å². The summed E-state index contributed by atoms with van der Waals surface area (Å²) in [7, 11) is 0. The minimum absolute atomic E-state index is 0.0394. The molecule has 1 heterocycles. The van der Waals surface area contributed by atoms with Gasteiger partial charge in [0.05, 0.1) is 17.6 Å². The van der Waals surface area contributed by atoms with E-state index >= 15 is 0 Å². The van der Waals surface area contributed by atoms with E-state index in [0.717, 1.165) is 6.07 Å². The van der Waals surface area contributed by atoms with E-state index in [9.17, 15) is 13.2 Å². The maximum absolute atomic E-state index is 12.7. The van der Waals surface area contributed by atoms with Crippen LogP contribution in [0.3, 0.4) is 0 Å². The Morgan fingerprint density at radius 3 is 2.56 bits per heavy atom. The molecule has 0 saturated carbocycles. The predicted molar refractivity (Wildman–Crippen MR) is 53.0 cm³/mol. The van der Waals surface area contributed by atoms with Crippen molar-refractivity contribution >= 4 is 0 Å². The lowest BCUT2D eigenvalue weighted by Gasteiger charge is -2.13. The topological polar surface area (TPSA) is 17.8 Å². The van der Waals surface area contributed by atoms with Gasteiger partial charge in [-0.3, -0.25) is 0 Å². The highest BCUT2D eigenvalue weighted by atomic mass is 19.4. The average Bonchev–Trinajstić information content (AvgIpc) is 2.68. The molecule has 0 saturated heterocycles. The molecule has 0 bridgehead atoms. The third-order valence-corrected chi connectivity index (χ3v) is 2.15. The minimum atomic E-state index is -4.38. The highest BCUT2D eigenvalue weighted by Crippen LogP contribution is 2.34. The van der Waals surface area contributed by atoms with Gasteiger partial charge in [0.25, 0.3) is 0 Å². The monoisotopic (exact) mass is 225 g/mol. The second kappa shape index (κ2) is 3.66. The SMILES string of the molecule is [CH2]c1ccc(C(F)(F)F)c(-n2ccnc2)c1. The molecule has 0 aliphatic rings. The molecule has 83 valence electrons. The molecule has 0 spiro atoms. The van der Waals surface area contributed by atoms with Crippen molar-refractivity contribution in [3.63, 3.8) is 0 Å². The maximum atomic E-state index is 12.7. The van der Waals surface area contributed by atoms with E-state index in [-0.39, 0.29) is 5.69 Å². The normalized spacial score (nSPS) is 11.8. The Kier molecular flexibility index (Phi) is 2.46. The third kappa shape index (κ3) is 1.93. The van der Waals surface area contributed by atoms with Crippen molar-refractivity contribution < 1.29 is 13.2 Å². The molecule has 1 aromatic carbocycles. The molecule has 2 aromatic rings. The molecular weight excluding hydrogens is 217 g/mol. The van der Waals surface area contributed by atoms with Crippen LogP contribution in [0.5, 0.6) is 0 Å². The molecule has 0 atom stereocenters. The molecule has 1 aromatic heterocycles. The second-order valence-electron chi connectivity index (χ2n) is 3.32. The molecular formula is C11H8F3N2. The van der Waals surface area contributed by atoms with Crippen molar-refractivity contribution in [2.24, 2.45) is 0 Å². The van der Waals surface area contributed by atoms with Gasteiger partial charge in [0.15, 0.2) is 0 Å². The van der Waals surface area contributed by atoms with Gasteiger partial charge in [0, 0.05) is 12.4 Å². The third-order valence-electron chi connectivity index (χ3n) is 2.15. The summed E-state index contributed by atoms with van der Waals surface area (Å²) < 4.78 is 39.5. The van der Waals surface area contributed by atoms with Crippen molar-refractivity contribution in [1.29, 1.82) is 0 Å². The van der Waals surface area contributed by atoms with Crippen LogP contribution in [-0.4, -0.2) is 9.55 Å². The Morgan fingerprint density at radius 2 is 2.00 bits per heavy atom. The van der Waals surface area contributed by atoms with Crippen LogP contribution in [0.4, 0.5) is 13.2 Å². The Hall–Kier alpha value is -1.78. The summed E-state index contributed by atoms with van der Waals surface area (Å²) in [5.74, 6) is 0. The fourth-order valence-electron chi connectivity index (χ4n) is 1.43. The van der Waals surface area contributed by atoms with E-state index < -0.39 is 11.7 Å². The number of nitrogens with zero attached hydrogens (tertiary/aromatic N) is 2. The number of hydrogen-bond donors (Lipinski definition) is 0. The van der Waals surface area contributed by atoms with E-state index in [2.05, 4.69) is 11.9 Å². The summed E-state index contributed by atoms with van der Waals surface area (Å²) in [4.78, 5) is 3.73. The highest BCUT2D eigenvalue weighted by molar-refractivity contribution is 5.46. The second-order valence-corrected chi connectivity index (χ2v) is 3.32. The predicted octanol–water partition coefficient (Wildman–Crippen LogP) is 3.07. The molecule has 0 N–H and O–H groups in total. The number of halogens is 3. The van der Waals surface area contributed by atoms with Gasteiger partial charge in [0.1, 0.15) is 0 Å². The molecule has 1 radical (unpaired) electrons. The Balaban J connectivity index is 2.63. The first kappa shape index (κ1) is 10.7. The Labute approximate surface area is 90.4 Å². The van der Waals surface area contributed by atoms with E-state index in [1.807, 2.05) is 0 Å². The summed E-state index contributed by atoms with van der Waals surface area (Å²) >= 11 is 0. The number of aromatic nitrogens is 2. The zero-order valence-electron chi connectivity index (χ0n) is 8.20. The maximum Gasteiger partial charge on any atom is 0.418 e. The number of alkyl halides is 3. The molecule has 2 rings (SSSR count). The van der Waals surface area contributed by atoms with Crippen LogP contribution >= 0.6 is 0 Å². The average molecular weight is 225 g/mol. The van der Waals surface area contributed by atoms with Gasteiger partial charge < -0.3 is 4.57 Å². The summed E-state index contributed by atoms with van der Waals surface area (Å²) in [6, 6.07) is 3.74. The standard InChI is InChI=1S/C11H8F3N2/c1-8-2-3-9(11(12,13)14)10(6-8)16-5-4-15-7-16/h2-7H,1H2. The van der Waals surface area contributed by atoms with Crippen LogP contribution in [-0.2, 0) is 6.18 Å². The highest BCUT2D eigenvalue weighted by Gasteiger charge is 2.33. The number of rotatable bonds is 1. The van der Waals surface area contributed by atoms with Crippen LogP contribution in [0, 0.1) is 6.92 Å². The molecule has 5 heteroatoms. The molecule has 0 amide bonds. The van der Waals surface area contributed by atoms with Gasteiger partial charge in [-0.25, -0.2) is 4.98 Å². The lowest BCUT2D eigenvalue weighted by molar-refractivity contribution is -0.137. The zero-order valence-corrected chi connectivity index (χ0v) is 8.20. The van der Waals surface area contributed by atoms with Gasteiger partial charge >= 0.3 is 6.18 Å². The van der Waals surface area contributed by atoms with Gasteiger partial charge in [-0.2, -0.15) is 13.2 Å². The van der Waals surface area contributed by atoms with Crippen LogP contribution in [0.1, 0.15) is 11.1 Å². The molecule has 16 heavy (non-hydrogen) atoms. The van der Waals surface area contributed by atoms with E-state index in [1.54, 1.807) is 0 Å². The first-order valence-electron chi connectivity index (χ1n) is 4.50. The molecule has 0 fully saturated rings. The van der Waals surface area contributed by atoms with Crippen molar-refractivity contribution in [3.8, 4) is 5.69 Å². The fourth-order valence-corrected chi connectivity index (χ4v) is 1.43. The van der Waals surface area contributed by atoms with Crippen LogP contribution in [0.15, 0.2) is 36.9 Å². The molecule has 2 nitrogen and oxygen atoms in total. The lowest BCUT2D eigenvalue weighted by atomic mass is 10.1. The Bertz CT molecular complexity index is 486. The largest absolute Gasteiger partial charge is 0.418 e. The van der Waals surface area contributed by atoms with Gasteiger partial charge in [-0.1, -0.05) is 6.07 Å². The van der Waals surface area contributed by atoms with Gasteiger partial charge in [-0.05, 0) is 24.6 Å². The minimum Gasteiger partial charge on any atom is -0.306 e. The van der Waals surface area contributed by atoms with Crippen LogP contribution < -0.4 is 0 Å². The van der Waals surface area contributed by atoms with E-state index in [1.165, 1.54) is 35.4 Å². The Morgan fingerprint density at radius 1 is 1.25 bits per heavy atom. The molecule has 0 aliphatic heterocycles. The quantitative estimate of drug-likeness (QED) is 0.729. The zero-order chi connectivity index (χ0) is 11.8. The fraction of sp³-hybridized carbons (Fsp3) is 0.0909. The van der Waals surface area contributed by atoms with E-state index in [4.69, 9.17) is 0 Å². The summed E-state index contributed by atoms with van der Waals surface area (Å²) in [5.41, 5.74) is -0.132. The van der Waals surface area contributed by atoms with E-state index in [0.29, 0.717) is 5.56 Å². The lowest BCUT2D eigenvalue weighted by Crippen LogP contribution is -2.10. The summed E-state index contributed by atoms with van der Waals surface area (Å²) in [5, 5.41) is 0. The first-order chi connectivity index (χ1) is 7.48. The summed E-state index contributed by atoms with van der Waals surface area (Å²) in [6.07, 6.45) is -0.169. The number of hydrogen-bond acceptors (Lipinski definition) is 1. The molecule has 0 unspecified atom stereocenters.